The first-order valence-corrected chi connectivity index (χ1v) is 14.9. The molecule has 6 rings (SSSR count). The van der Waals surface area contributed by atoms with Gasteiger partial charge in [-0.3, -0.25) is 9.78 Å². The minimum absolute atomic E-state index is 0.0121. The molecule has 2 aliphatic rings. The Balaban J connectivity index is 1.43. The fourth-order valence-corrected chi connectivity index (χ4v) is 7.25. The molecule has 0 saturated carbocycles. The van der Waals surface area contributed by atoms with Crippen LogP contribution in [0, 0.1) is 0 Å². The smallest absolute Gasteiger partial charge is 0.251 e. The molecule has 4 atom stereocenters. The number of carbonyl (C=O) groups is 1. The predicted octanol–water partition coefficient (Wildman–Crippen LogP) is 3.06. The highest BCUT2D eigenvalue weighted by molar-refractivity contribution is 7.91. The van der Waals surface area contributed by atoms with Crippen LogP contribution in [-0.2, 0) is 14.6 Å². The molecule has 2 saturated heterocycles. The third-order valence-electron chi connectivity index (χ3n) is 7.91. The third kappa shape index (κ3) is 4.35. The molecule has 0 radical (unpaired) electrons. The summed E-state index contributed by atoms with van der Waals surface area (Å²) in [6.07, 6.45) is 6.16. The molecule has 11 heteroatoms. The van der Waals surface area contributed by atoms with Crippen LogP contribution in [-0.4, -0.2) is 68.4 Å². The Morgan fingerprint density at radius 2 is 1.74 bits per heavy atom. The van der Waals surface area contributed by atoms with Crippen LogP contribution in [0.15, 0.2) is 59.8 Å². The summed E-state index contributed by atoms with van der Waals surface area (Å²) in [5.41, 5.74) is 10.7. The van der Waals surface area contributed by atoms with E-state index in [4.69, 9.17) is 10.7 Å². The lowest BCUT2D eigenvalue weighted by Gasteiger charge is -2.39. The van der Waals surface area contributed by atoms with Crippen LogP contribution in [0.1, 0.15) is 44.2 Å². The summed E-state index contributed by atoms with van der Waals surface area (Å²) in [5, 5.41) is 14.3. The van der Waals surface area contributed by atoms with Gasteiger partial charge in [-0.15, -0.1) is 0 Å². The molecule has 1 unspecified atom stereocenters. The summed E-state index contributed by atoms with van der Waals surface area (Å²) < 4.78 is 27.3. The van der Waals surface area contributed by atoms with E-state index in [0.717, 1.165) is 35.9 Å². The molecule has 2 fully saturated rings. The zero-order valence-corrected chi connectivity index (χ0v) is 22.5. The van der Waals surface area contributed by atoms with Crippen molar-refractivity contribution in [3.05, 3.63) is 60.6 Å². The van der Waals surface area contributed by atoms with Crippen molar-refractivity contribution in [2.24, 2.45) is 0 Å². The van der Waals surface area contributed by atoms with Crippen molar-refractivity contribution in [3.63, 3.8) is 0 Å². The maximum absolute atomic E-state index is 13.0. The molecule has 1 aromatic carbocycles. The topological polar surface area (TPSA) is 144 Å². The van der Waals surface area contributed by atoms with Crippen LogP contribution < -0.4 is 5.73 Å². The van der Waals surface area contributed by atoms with Crippen molar-refractivity contribution >= 4 is 27.2 Å². The molecular weight excluding hydrogens is 516 g/mol. The van der Waals surface area contributed by atoms with E-state index < -0.39 is 15.9 Å². The van der Waals surface area contributed by atoms with Gasteiger partial charge in [0.15, 0.2) is 15.5 Å². The first-order chi connectivity index (χ1) is 18.6. The van der Waals surface area contributed by atoms with E-state index in [1.807, 2.05) is 42.5 Å². The maximum atomic E-state index is 13.0. The minimum atomic E-state index is -3.74. The Kier molecular flexibility index (Phi) is 6.15. The van der Waals surface area contributed by atoms with E-state index in [9.17, 15) is 18.3 Å². The van der Waals surface area contributed by atoms with Crippen LogP contribution in [0.5, 0.6) is 0 Å². The molecule has 3 aromatic heterocycles. The lowest BCUT2D eigenvalue weighted by Crippen LogP contribution is -2.49. The number of amides is 1. The first-order valence-electron chi connectivity index (χ1n) is 13.0. The summed E-state index contributed by atoms with van der Waals surface area (Å²) in [7, 11) is -3.74. The summed E-state index contributed by atoms with van der Waals surface area (Å²) in [4.78, 5) is 24.0. The molecule has 10 nitrogen and oxygen atoms in total. The number of nitrogens with two attached hydrogens (primary N) is 1. The zero-order valence-electron chi connectivity index (χ0n) is 21.7. The van der Waals surface area contributed by atoms with Crippen LogP contribution >= 0.6 is 0 Å². The van der Waals surface area contributed by atoms with E-state index in [-0.39, 0.29) is 34.6 Å². The molecule has 3 N–H and O–H groups in total. The number of fused-ring (bicyclic) bond motifs is 3. The van der Waals surface area contributed by atoms with Gasteiger partial charge in [0.25, 0.3) is 5.91 Å². The second-order valence-corrected chi connectivity index (χ2v) is 12.5. The highest BCUT2D eigenvalue weighted by atomic mass is 32.2. The van der Waals surface area contributed by atoms with Crippen molar-refractivity contribution < 1.29 is 18.3 Å². The predicted molar refractivity (Wildman–Crippen MR) is 146 cm³/mol. The number of nitrogen functional groups attached to an aromatic ring is 1. The van der Waals surface area contributed by atoms with E-state index in [2.05, 4.69) is 10.1 Å². The Morgan fingerprint density at radius 3 is 2.33 bits per heavy atom. The van der Waals surface area contributed by atoms with E-state index in [1.165, 1.54) is 11.4 Å². The van der Waals surface area contributed by atoms with E-state index >= 15 is 0 Å². The van der Waals surface area contributed by atoms with Gasteiger partial charge in [-0.2, -0.15) is 9.61 Å². The summed E-state index contributed by atoms with van der Waals surface area (Å²) in [5.74, 6) is -0.469. The SMILES string of the molecule is C[C@@H](O)C(=O)N1[C@@H]2CC[C@H]1CC(c1nc3c(-c4ccc(-c5ccccc5)nc4)cnn3c(N)c1S(C)(=O)=O)C2. The van der Waals surface area contributed by atoms with Gasteiger partial charge in [-0.1, -0.05) is 36.4 Å². The molecule has 39 heavy (non-hydrogen) atoms. The largest absolute Gasteiger partial charge is 0.384 e. The molecule has 202 valence electrons. The van der Waals surface area contributed by atoms with Gasteiger partial charge in [0, 0.05) is 47.1 Å². The number of anilines is 1. The molecule has 1 amide bonds. The van der Waals surface area contributed by atoms with Crippen LogP contribution in [0.25, 0.3) is 28.0 Å². The molecular formula is C28H30N6O4S. The van der Waals surface area contributed by atoms with Gasteiger partial charge < -0.3 is 15.7 Å². The average molecular weight is 547 g/mol. The first kappa shape index (κ1) is 25.4. The summed E-state index contributed by atoms with van der Waals surface area (Å²) in [6.45, 7) is 1.48. The number of hydrogen-bond donors (Lipinski definition) is 2. The minimum Gasteiger partial charge on any atom is -0.384 e. The van der Waals surface area contributed by atoms with Crippen molar-refractivity contribution in [1.29, 1.82) is 0 Å². The second kappa shape index (κ2) is 9.42. The molecule has 4 aromatic rings. The van der Waals surface area contributed by atoms with Gasteiger partial charge in [0.05, 0.1) is 17.6 Å². The standard InChI is InChI=1S/C28H30N6O4S/c1-16(35)28(36)33-20-9-10-21(33)13-19(12-20)24-25(39(2,37)38)26(29)34-27(32-24)22(15-31-34)18-8-11-23(30-14-18)17-6-4-3-5-7-17/h3-8,11,14-16,19-21,35H,9-10,12-13,29H2,1-2H3/t16-,19?,20-,21+/m1/s1. The number of hydrogen-bond acceptors (Lipinski definition) is 8. The number of aromatic nitrogens is 4. The molecule has 2 bridgehead atoms. The van der Waals surface area contributed by atoms with Crippen molar-refractivity contribution in [1.82, 2.24) is 24.5 Å². The van der Waals surface area contributed by atoms with Gasteiger partial charge >= 0.3 is 0 Å². The van der Waals surface area contributed by atoms with Gasteiger partial charge in [-0.25, -0.2) is 13.4 Å². The monoisotopic (exact) mass is 546 g/mol. The lowest BCUT2D eigenvalue weighted by molar-refractivity contribution is -0.144. The summed E-state index contributed by atoms with van der Waals surface area (Å²) >= 11 is 0. The van der Waals surface area contributed by atoms with Crippen LogP contribution in [0.4, 0.5) is 5.82 Å². The Morgan fingerprint density at radius 1 is 1.05 bits per heavy atom. The quantitative estimate of drug-likeness (QED) is 0.389. The van der Waals surface area contributed by atoms with Gasteiger partial charge in [0.1, 0.15) is 16.8 Å². The van der Waals surface area contributed by atoms with Crippen molar-refractivity contribution in [3.8, 4) is 22.4 Å². The zero-order chi connectivity index (χ0) is 27.5. The molecule has 5 heterocycles. The van der Waals surface area contributed by atoms with Crippen molar-refractivity contribution in [2.45, 2.75) is 61.6 Å². The number of benzene rings is 1. The molecule has 0 spiro atoms. The molecule has 2 aliphatic heterocycles. The second-order valence-electron chi connectivity index (χ2n) is 10.6. The van der Waals surface area contributed by atoms with Crippen LogP contribution in [0.3, 0.4) is 0 Å². The van der Waals surface area contributed by atoms with Gasteiger partial charge in [-0.05, 0) is 38.7 Å². The number of sulfone groups is 1. The molecule has 0 aliphatic carbocycles. The Hall–Kier alpha value is -3.83. The number of rotatable bonds is 5. The number of carbonyl (C=O) groups excluding carboxylic acids is 1. The van der Waals surface area contributed by atoms with E-state index in [0.29, 0.717) is 29.7 Å². The number of pyridine rings is 1. The Labute approximate surface area is 226 Å². The summed E-state index contributed by atoms with van der Waals surface area (Å²) in [6, 6.07) is 13.6. The van der Waals surface area contributed by atoms with E-state index in [1.54, 1.807) is 17.3 Å². The van der Waals surface area contributed by atoms with Crippen molar-refractivity contribution in [2.75, 3.05) is 12.0 Å². The number of piperidine rings is 1. The van der Waals surface area contributed by atoms with Crippen LogP contribution in [0.2, 0.25) is 0 Å². The Bertz CT molecular complexity index is 1650. The third-order valence-corrected chi connectivity index (χ3v) is 9.07. The number of aliphatic hydroxyl groups is 1. The normalized spacial score (nSPS) is 21.8. The number of nitrogens with zero attached hydrogens (tertiary/aromatic N) is 5. The average Bonchev–Trinajstić information content (AvgIpc) is 3.46. The highest BCUT2D eigenvalue weighted by Gasteiger charge is 2.46. The highest BCUT2D eigenvalue weighted by Crippen LogP contribution is 2.45. The fraction of sp³-hybridized carbons (Fsp3) is 0.357. The van der Waals surface area contributed by atoms with Gasteiger partial charge in [0.2, 0.25) is 0 Å². The maximum Gasteiger partial charge on any atom is 0.251 e. The number of aliphatic hydroxyl groups excluding tert-OH is 1. The lowest BCUT2D eigenvalue weighted by atomic mass is 9.87. The fourth-order valence-electron chi connectivity index (χ4n) is 6.19.